The van der Waals surface area contributed by atoms with Gasteiger partial charge in [-0.05, 0) is 43.3 Å². The van der Waals surface area contributed by atoms with Crippen LogP contribution in [-0.4, -0.2) is 23.5 Å². The minimum Gasteiger partial charge on any atom is -0.451 e. The molecule has 3 aromatic rings. The Morgan fingerprint density at radius 2 is 1.77 bits per heavy atom. The quantitative estimate of drug-likeness (QED) is 0.446. The Balaban J connectivity index is 1.65. The second-order valence-corrected chi connectivity index (χ2v) is 7.11. The van der Waals surface area contributed by atoms with Crippen molar-refractivity contribution in [2.75, 3.05) is 11.9 Å². The first-order valence-electron chi connectivity index (χ1n) is 8.51. The summed E-state index contributed by atoms with van der Waals surface area (Å²) < 4.78 is 56.9. The minimum absolute atomic E-state index is 0.137. The van der Waals surface area contributed by atoms with Crippen LogP contribution in [0.3, 0.4) is 0 Å². The van der Waals surface area contributed by atoms with Crippen LogP contribution in [0.25, 0.3) is 10.6 Å². The summed E-state index contributed by atoms with van der Waals surface area (Å²) in [5.74, 6) is -2.16. The topological polar surface area (TPSA) is 68.3 Å². The molecule has 10 heteroatoms. The molecule has 0 saturated carbocycles. The maximum Gasteiger partial charge on any atom is 0.418 e. The molecule has 1 aromatic heterocycles. The van der Waals surface area contributed by atoms with Crippen molar-refractivity contribution in [2.24, 2.45) is 0 Å². The Labute approximate surface area is 172 Å². The van der Waals surface area contributed by atoms with E-state index in [0.717, 1.165) is 23.5 Å². The zero-order valence-electron chi connectivity index (χ0n) is 15.4. The molecule has 5 nitrogen and oxygen atoms in total. The van der Waals surface area contributed by atoms with Crippen LogP contribution >= 0.6 is 11.3 Å². The van der Waals surface area contributed by atoms with Crippen molar-refractivity contribution in [3.63, 3.8) is 0 Å². The van der Waals surface area contributed by atoms with Crippen LogP contribution in [0.15, 0.2) is 48.5 Å². The smallest absolute Gasteiger partial charge is 0.418 e. The monoisotopic (exact) mass is 438 g/mol. The number of anilines is 1. The zero-order valence-corrected chi connectivity index (χ0v) is 16.2. The average molecular weight is 438 g/mol. The number of nitrogens with zero attached hydrogens (tertiary/aromatic N) is 1. The van der Waals surface area contributed by atoms with Crippen LogP contribution in [0.5, 0.6) is 0 Å². The van der Waals surface area contributed by atoms with Crippen LogP contribution in [-0.2, 0) is 15.7 Å². The predicted octanol–water partition coefficient (Wildman–Crippen LogP) is 5.07. The van der Waals surface area contributed by atoms with Gasteiger partial charge in [0, 0.05) is 5.56 Å². The number of carbonyl (C=O) groups is 2. The number of aryl methyl sites for hydroxylation is 1. The van der Waals surface area contributed by atoms with Crippen LogP contribution in [0, 0.1) is 12.7 Å². The van der Waals surface area contributed by atoms with Crippen LogP contribution in [0.1, 0.15) is 20.9 Å². The molecule has 0 unspecified atom stereocenters. The summed E-state index contributed by atoms with van der Waals surface area (Å²) >= 11 is 0.999. The van der Waals surface area contributed by atoms with Crippen molar-refractivity contribution >= 4 is 28.9 Å². The number of thiazole rings is 1. The number of benzene rings is 2. The number of hydrogen-bond donors (Lipinski definition) is 1. The first kappa shape index (κ1) is 21.4. The van der Waals surface area contributed by atoms with Gasteiger partial charge in [-0.25, -0.2) is 14.2 Å². The van der Waals surface area contributed by atoms with E-state index in [1.54, 1.807) is 6.92 Å². The lowest BCUT2D eigenvalue weighted by molar-refractivity contribution is -0.137. The average Bonchev–Trinajstić information content (AvgIpc) is 3.08. The number of esters is 1. The third kappa shape index (κ3) is 5.01. The Bertz CT molecular complexity index is 1080. The van der Waals surface area contributed by atoms with Gasteiger partial charge in [0.25, 0.3) is 5.91 Å². The van der Waals surface area contributed by atoms with Gasteiger partial charge < -0.3 is 10.1 Å². The highest BCUT2D eigenvalue weighted by Crippen LogP contribution is 2.34. The number of rotatable bonds is 5. The summed E-state index contributed by atoms with van der Waals surface area (Å²) in [4.78, 5) is 28.6. The lowest BCUT2D eigenvalue weighted by Gasteiger charge is -2.13. The summed E-state index contributed by atoms with van der Waals surface area (Å²) in [6.45, 7) is 0.800. The van der Waals surface area contributed by atoms with Gasteiger partial charge in [-0.3, -0.25) is 4.79 Å². The first-order valence-corrected chi connectivity index (χ1v) is 9.33. The second kappa shape index (κ2) is 8.62. The maximum atomic E-state index is 13.0. The number of ether oxygens (including phenoxy) is 1. The van der Waals surface area contributed by atoms with E-state index in [1.807, 2.05) is 0 Å². The number of para-hydroxylation sites is 1. The molecule has 0 atom stereocenters. The molecular formula is C20H14F4N2O3S. The van der Waals surface area contributed by atoms with Crippen LogP contribution in [0.4, 0.5) is 23.2 Å². The molecule has 0 aliphatic carbocycles. The van der Waals surface area contributed by atoms with Gasteiger partial charge in [-0.2, -0.15) is 13.2 Å². The highest BCUT2D eigenvalue weighted by Gasteiger charge is 2.33. The number of carbonyl (C=O) groups excluding carboxylic acids is 2. The molecule has 0 radical (unpaired) electrons. The van der Waals surface area contributed by atoms with E-state index < -0.39 is 41.7 Å². The molecule has 3 rings (SSSR count). The fourth-order valence-electron chi connectivity index (χ4n) is 2.52. The standard InChI is InChI=1S/C20H14F4N2O3S/c1-11-17(30-18(25-11)12-6-8-13(21)9-7-12)19(28)29-10-16(27)26-15-5-3-2-4-14(15)20(22,23)24/h2-9H,10H2,1H3,(H,26,27). The van der Waals surface area contributed by atoms with Gasteiger partial charge in [-0.1, -0.05) is 12.1 Å². The summed E-state index contributed by atoms with van der Waals surface area (Å²) in [7, 11) is 0. The minimum atomic E-state index is -4.64. The Hall–Kier alpha value is -3.27. The summed E-state index contributed by atoms with van der Waals surface area (Å²) in [5, 5.41) is 2.55. The number of amides is 1. The predicted molar refractivity (Wildman–Crippen MR) is 103 cm³/mol. The van der Waals surface area contributed by atoms with E-state index in [9.17, 15) is 27.2 Å². The molecule has 0 fully saturated rings. The van der Waals surface area contributed by atoms with Crippen LogP contribution < -0.4 is 5.32 Å². The van der Waals surface area contributed by atoms with E-state index in [0.29, 0.717) is 16.3 Å². The summed E-state index contributed by atoms with van der Waals surface area (Å²) in [6.07, 6.45) is -4.64. The van der Waals surface area contributed by atoms with Crippen molar-refractivity contribution < 1.29 is 31.9 Å². The molecule has 1 amide bonds. The fraction of sp³-hybridized carbons (Fsp3) is 0.150. The molecule has 0 bridgehead atoms. The van der Waals surface area contributed by atoms with E-state index in [2.05, 4.69) is 10.3 Å². The number of nitrogens with one attached hydrogen (secondary N) is 1. The molecular weight excluding hydrogens is 424 g/mol. The Morgan fingerprint density at radius 3 is 2.43 bits per heavy atom. The van der Waals surface area contributed by atoms with E-state index in [1.165, 1.54) is 36.4 Å². The first-order chi connectivity index (χ1) is 14.1. The van der Waals surface area contributed by atoms with E-state index >= 15 is 0 Å². The van der Waals surface area contributed by atoms with E-state index in [-0.39, 0.29) is 4.88 Å². The Kier molecular flexibility index (Phi) is 6.16. The molecule has 1 N–H and O–H groups in total. The van der Waals surface area contributed by atoms with Crippen molar-refractivity contribution in [3.05, 3.63) is 70.5 Å². The van der Waals surface area contributed by atoms with Gasteiger partial charge in [-0.15, -0.1) is 11.3 Å². The highest BCUT2D eigenvalue weighted by atomic mass is 32.1. The highest BCUT2D eigenvalue weighted by molar-refractivity contribution is 7.17. The molecule has 30 heavy (non-hydrogen) atoms. The van der Waals surface area contributed by atoms with Crippen molar-refractivity contribution in [1.29, 1.82) is 0 Å². The third-order valence-electron chi connectivity index (χ3n) is 3.91. The molecule has 0 saturated heterocycles. The van der Waals surface area contributed by atoms with Crippen molar-refractivity contribution in [1.82, 2.24) is 4.98 Å². The van der Waals surface area contributed by atoms with Crippen molar-refractivity contribution in [2.45, 2.75) is 13.1 Å². The fourth-order valence-corrected chi connectivity index (χ4v) is 3.49. The molecule has 0 aliphatic heterocycles. The summed E-state index contributed by atoms with van der Waals surface area (Å²) in [5.41, 5.74) is -0.484. The Morgan fingerprint density at radius 1 is 1.10 bits per heavy atom. The summed E-state index contributed by atoms with van der Waals surface area (Å²) in [6, 6.07) is 10.0. The van der Waals surface area contributed by atoms with Gasteiger partial charge in [0.1, 0.15) is 15.7 Å². The number of aromatic nitrogens is 1. The van der Waals surface area contributed by atoms with Gasteiger partial charge in [0.2, 0.25) is 0 Å². The SMILES string of the molecule is Cc1nc(-c2ccc(F)cc2)sc1C(=O)OCC(=O)Nc1ccccc1C(F)(F)F. The molecule has 156 valence electrons. The number of halogens is 4. The molecule has 0 spiro atoms. The largest absolute Gasteiger partial charge is 0.451 e. The van der Waals surface area contributed by atoms with E-state index in [4.69, 9.17) is 4.74 Å². The molecule has 1 heterocycles. The normalized spacial score (nSPS) is 11.2. The maximum absolute atomic E-state index is 13.0. The molecule has 0 aliphatic rings. The van der Waals surface area contributed by atoms with Gasteiger partial charge in [0.05, 0.1) is 16.9 Å². The second-order valence-electron chi connectivity index (χ2n) is 6.11. The van der Waals surface area contributed by atoms with Gasteiger partial charge >= 0.3 is 12.1 Å². The van der Waals surface area contributed by atoms with Crippen LogP contribution in [0.2, 0.25) is 0 Å². The number of hydrogen-bond acceptors (Lipinski definition) is 5. The molecule has 2 aromatic carbocycles. The van der Waals surface area contributed by atoms with Gasteiger partial charge in [0.15, 0.2) is 6.61 Å². The number of alkyl halides is 3. The van der Waals surface area contributed by atoms with Crippen molar-refractivity contribution in [3.8, 4) is 10.6 Å². The zero-order chi connectivity index (χ0) is 21.9. The lowest BCUT2D eigenvalue weighted by Crippen LogP contribution is -2.22. The lowest BCUT2D eigenvalue weighted by atomic mass is 10.1. The third-order valence-corrected chi connectivity index (χ3v) is 5.10.